The van der Waals surface area contributed by atoms with Gasteiger partial charge in [0.25, 0.3) is 5.91 Å². The van der Waals surface area contributed by atoms with Crippen LogP contribution in [-0.2, 0) is 13.0 Å². The van der Waals surface area contributed by atoms with Crippen LogP contribution in [0.2, 0.25) is 0 Å². The van der Waals surface area contributed by atoms with Crippen LogP contribution < -0.4 is 5.32 Å². The summed E-state index contributed by atoms with van der Waals surface area (Å²) in [7, 11) is 0. The van der Waals surface area contributed by atoms with Gasteiger partial charge in [0, 0.05) is 11.9 Å². The third-order valence-corrected chi connectivity index (χ3v) is 4.16. The summed E-state index contributed by atoms with van der Waals surface area (Å²) in [4.78, 5) is 17.3. The first-order valence-electron chi connectivity index (χ1n) is 8.01. The van der Waals surface area contributed by atoms with E-state index in [9.17, 15) is 9.18 Å². The van der Waals surface area contributed by atoms with Crippen molar-refractivity contribution in [2.45, 2.75) is 26.8 Å². The number of carbonyl (C=O) groups excluding carboxylic acids is 1. The van der Waals surface area contributed by atoms with Crippen LogP contribution >= 0.6 is 0 Å². The molecule has 0 unspecified atom stereocenters. The molecule has 3 rings (SSSR count). The normalized spacial score (nSPS) is 10.8. The number of halogens is 1. The van der Waals surface area contributed by atoms with E-state index < -0.39 is 0 Å². The Hall–Kier alpha value is -2.75. The Kier molecular flexibility index (Phi) is 4.56. The highest BCUT2D eigenvalue weighted by Crippen LogP contribution is 2.23. The summed E-state index contributed by atoms with van der Waals surface area (Å²) in [6.45, 7) is 4.30. The Balaban J connectivity index is 1.91. The molecule has 0 aliphatic rings. The predicted molar refractivity (Wildman–Crippen MR) is 93.4 cm³/mol. The zero-order chi connectivity index (χ0) is 17.1. The minimum Gasteiger partial charge on any atom is -0.348 e. The van der Waals surface area contributed by atoms with Crippen molar-refractivity contribution >= 4 is 16.8 Å². The van der Waals surface area contributed by atoms with E-state index in [0.29, 0.717) is 18.5 Å². The van der Waals surface area contributed by atoms with Crippen LogP contribution in [0.3, 0.4) is 0 Å². The van der Waals surface area contributed by atoms with E-state index in [2.05, 4.69) is 10.3 Å². The molecular formula is C20H19FN2O. The van der Waals surface area contributed by atoms with Crippen molar-refractivity contribution in [1.82, 2.24) is 10.3 Å². The second-order valence-electron chi connectivity index (χ2n) is 5.74. The van der Waals surface area contributed by atoms with Gasteiger partial charge in [-0.05, 0) is 42.7 Å². The van der Waals surface area contributed by atoms with Crippen molar-refractivity contribution in [3.05, 3.63) is 76.7 Å². The van der Waals surface area contributed by atoms with E-state index in [4.69, 9.17) is 0 Å². The lowest BCUT2D eigenvalue weighted by atomic mass is 9.99. The first-order valence-corrected chi connectivity index (χ1v) is 8.01. The molecule has 0 atom stereocenters. The largest absolute Gasteiger partial charge is 0.348 e. The number of benzene rings is 2. The molecule has 0 saturated heterocycles. The highest BCUT2D eigenvalue weighted by atomic mass is 19.1. The summed E-state index contributed by atoms with van der Waals surface area (Å²) in [5.41, 5.74) is 4.13. The van der Waals surface area contributed by atoms with Crippen molar-refractivity contribution in [3.8, 4) is 0 Å². The van der Waals surface area contributed by atoms with Gasteiger partial charge in [0.2, 0.25) is 0 Å². The Morgan fingerprint density at radius 1 is 1.12 bits per heavy atom. The predicted octanol–water partition coefficient (Wildman–Crippen LogP) is 4.17. The van der Waals surface area contributed by atoms with Gasteiger partial charge in [-0.2, -0.15) is 0 Å². The summed E-state index contributed by atoms with van der Waals surface area (Å²) < 4.78 is 13.0. The van der Waals surface area contributed by atoms with E-state index >= 15 is 0 Å². The Morgan fingerprint density at radius 3 is 2.54 bits per heavy atom. The number of carbonyl (C=O) groups is 1. The van der Waals surface area contributed by atoms with Gasteiger partial charge in [-0.1, -0.05) is 37.3 Å². The molecule has 1 heterocycles. The molecule has 0 aliphatic carbocycles. The topological polar surface area (TPSA) is 42.0 Å². The Labute approximate surface area is 140 Å². The fourth-order valence-corrected chi connectivity index (χ4v) is 2.87. The molecule has 122 valence electrons. The lowest BCUT2D eigenvalue weighted by Crippen LogP contribution is -2.25. The molecule has 0 aliphatic heterocycles. The van der Waals surface area contributed by atoms with Crippen molar-refractivity contribution in [2.24, 2.45) is 0 Å². The van der Waals surface area contributed by atoms with E-state index in [0.717, 1.165) is 27.7 Å². The average Bonchev–Trinajstić information content (AvgIpc) is 2.61. The lowest BCUT2D eigenvalue weighted by Gasteiger charge is -2.14. The fraction of sp³-hybridized carbons (Fsp3) is 0.200. The number of pyridine rings is 1. The second kappa shape index (κ2) is 6.79. The molecule has 0 saturated carbocycles. The molecule has 0 spiro atoms. The number of aryl methyl sites for hydroxylation is 2. The third-order valence-electron chi connectivity index (χ3n) is 4.16. The van der Waals surface area contributed by atoms with Gasteiger partial charge in [-0.25, -0.2) is 4.39 Å². The third kappa shape index (κ3) is 3.13. The molecule has 0 bridgehead atoms. The number of para-hydroxylation sites is 1. The Bertz CT molecular complexity index is 888. The van der Waals surface area contributed by atoms with E-state index in [1.807, 2.05) is 38.1 Å². The SMILES string of the molecule is CCc1nc2ccccc2c(C)c1C(=O)NCc1ccc(F)cc1. The highest BCUT2D eigenvalue weighted by Gasteiger charge is 2.17. The van der Waals surface area contributed by atoms with Crippen LogP contribution in [0.5, 0.6) is 0 Å². The minimum atomic E-state index is -0.284. The van der Waals surface area contributed by atoms with Gasteiger partial charge < -0.3 is 5.32 Å². The maximum Gasteiger partial charge on any atom is 0.253 e. The van der Waals surface area contributed by atoms with E-state index in [1.54, 1.807) is 12.1 Å². The van der Waals surface area contributed by atoms with Gasteiger partial charge in [-0.3, -0.25) is 9.78 Å². The van der Waals surface area contributed by atoms with Crippen LogP contribution in [0.1, 0.15) is 34.1 Å². The van der Waals surface area contributed by atoms with E-state index in [-0.39, 0.29) is 11.7 Å². The number of hydrogen-bond acceptors (Lipinski definition) is 2. The average molecular weight is 322 g/mol. The Morgan fingerprint density at radius 2 is 1.83 bits per heavy atom. The summed E-state index contributed by atoms with van der Waals surface area (Å²) in [6.07, 6.45) is 0.685. The monoisotopic (exact) mass is 322 g/mol. The maximum atomic E-state index is 13.0. The number of amides is 1. The molecule has 4 heteroatoms. The molecule has 24 heavy (non-hydrogen) atoms. The zero-order valence-corrected chi connectivity index (χ0v) is 13.8. The summed E-state index contributed by atoms with van der Waals surface area (Å²) in [5, 5.41) is 3.90. The van der Waals surface area contributed by atoms with E-state index in [1.165, 1.54) is 12.1 Å². The fourth-order valence-electron chi connectivity index (χ4n) is 2.87. The quantitative estimate of drug-likeness (QED) is 0.783. The molecule has 3 nitrogen and oxygen atoms in total. The number of aromatic nitrogens is 1. The lowest BCUT2D eigenvalue weighted by molar-refractivity contribution is 0.0949. The smallest absolute Gasteiger partial charge is 0.253 e. The molecule has 0 fully saturated rings. The van der Waals surface area contributed by atoms with Gasteiger partial charge in [0.1, 0.15) is 5.82 Å². The number of fused-ring (bicyclic) bond motifs is 1. The van der Waals surface area contributed by atoms with Gasteiger partial charge in [-0.15, -0.1) is 0 Å². The first-order chi connectivity index (χ1) is 11.6. The van der Waals surface area contributed by atoms with Crippen LogP contribution in [0.25, 0.3) is 10.9 Å². The number of hydrogen-bond donors (Lipinski definition) is 1. The van der Waals surface area contributed by atoms with Crippen LogP contribution in [0, 0.1) is 12.7 Å². The number of nitrogens with zero attached hydrogens (tertiary/aromatic N) is 1. The van der Waals surface area contributed by atoms with Crippen LogP contribution in [0.15, 0.2) is 48.5 Å². The molecule has 1 N–H and O–H groups in total. The molecule has 2 aromatic carbocycles. The van der Waals surface area contributed by atoms with Crippen molar-refractivity contribution < 1.29 is 9.18 Å². The van der Waals surface area contributed by atoms with Crippen molar-refractivity contribution in [2.75, 3.05) is 0 Å². The number of rotatable bonds is 4. The zero-order valence-electron chi connectivity index (χ0n) is 13.8. The number of nitrogens with one attached hydrogen (secondary N) is 1. The minimum absolute atomic E-state index is 0.146. The molecule has 0 radical (unpaired) electrons. The molecule has 3 aromatic rings. The van der Waals surface area contributed by atoms with Crippen LogP contribution in [0.4, 0.5) is 4.39 Å². The molecular weight excluding hydrogens is 303 g/mol. The van der Waals surface area contributed by atoms with Gasteiger partial charge in [0.15, 0.2) is 0 Å². The first kappa shape index (κ1) is 16.1. The standard InChI is InChI=1S/C20H19FN2O/c1-3-17-19(13(2)16-6-4-5-7-18(16)23-17)20(24)22-12-14-8-10-15(21)11-9-14/h4-11H,3,12H2,1-2H3,(H,22,24). The molecule has 1 aromatic heterocycles. The van der Waals surface area contributed by atoms with Crippen LogP contribution in [-0.4, -0.2) is 10.9 Å². The van der Waals surface area contributed by atoms with Gasteiger partial charge >= 0.3 is 0 Å². The summed E-state index contributed by atoms with van der Waals surface area (Å²) in [6, 6.07) is 14.0. The highest BCUT2D eigenvalue weighted by molar-refractivity contribution is 6.01. The summed E-state index contributed by atoms with van der Waals surface area (Å²) >= 11 is 0. The van der Waals surface area contributed by atoms with Crippen molar-refractivity contribution in [1.29, 1.82) is 0 Å². The van der Waals surface area contributed by atoms with Gasteiger partial charge in [0.05, 0.1) is 16.8 Å². The summed E-state index contributed by atoms with van der Waals surface area (Å²) in [5.74, 6) is -0.431. The maximum absolute atomic E-state index is 13.0. The second-order valence-corrected chi connectivity index (χ2v) is 5.74. The molecule has 1 amide bonds. The van der Waals surface area contributed by atoms with Crippen molar-refractivity contribution in [3.63, 3.8) is 0 Å².